The van der Waals surface area contributed by atoms with Crippen LogP contribution < -0.4 is 5.32 Å². The van der Waals surface area contributed by atoms with Crippen molar-refractivity contribution in [2.45, 2.75) is 13.5 Å². The number of sulfonamides is 1. The zero-order valence-electron chi connectivity index (χ0n) is 16.3. The molecule has 29 heavy (non-hydrogen) atoms. The molecule has 3 aliphatic heterocycles. The van der Waals surface area contributed by atoms with Gasteiger partial charge in [0.15, 0.2) is 5.84 Å². The lowest BCUT2D eigenvalue weighted by molar-refractivity contribution is -0.112. The van der Waals surface area contributed by atoms with Crippen LogP contribution in [0.25, 0.3) is 0 Å². The van der Waals surface area contributed by atoms with E-state index >= 15 is 0 Å². The number of nitrogens with one attached hydrogen (secondary N) is 1. The van der Waals surface area contributed by atoms with Crippen LogP contribution in [0.3, 0.4) is 0 Å². The van der Waals surface area contributed by atoms with E-state index in [0.29, 0.717) is 6.54 Å². The van der Waals surface area contributed by atoms with Crippen molar-refractivity contribution in [2.24, 2.45) is 4.40 Å². The standard InChI is InChI=1S/C20H24N4O3S2/c1-15-16(14-23-8-11-28-12-9-23)4-2-6-18(15)21-20(25)17-5-3-7-24-10-13-29(26,27)22-19(17)24/h2-7H,8-14H2,1H3,(H,21,25). The summed E-state index contributed by atoms with van der Waals surface area (Å²) in [6, 6.07) is 5.91. The van der Waals surface area contributed by atoms with Crippen molar-refractivity contribution in [1.82, 2.24) is 9.80 Å². The number of carbonyl (C=O) groups is 1. The first-order valence-corrected chi connectivity index (χ1v) is 12.4. The summed E-state index contributed by atoms with van der Waals surface area (Å²) in [7, 11) is -3.54. The minimum atomic E-state index is -3.54. The molecule has 4 rings (SSSR count). The van der Waals surface area contributed by atoms with Crippen molar-refractivity contribution in [3.05, 3.63) is 53.3 Å². The second kappa shape index (κ2) is 8.33. The van der Waals surface area contributed by atoms with E-state index in [1.165, 1.54) is 5.56 Å². The SMILES string of the molecule is Cc1c(CN2CCSCC2)cccc1NC(=O)C1=CC=CN2CCS(=O)(=O)N=C12. The van der Waals surface area contributed by atoms with E-state index in [4.69, 9.17) is 0 Å². The van der Waals surface area contributed by atoms with Crippen molar-refractivity contribution in [1.29, 1.82) is 0 Å². The zero-order valence-corrected chi connectivity index (χ0v) is 17.9. The van der Waals surface area contributed by atoms with Crippen LogP contribution in [0.2, 0.25) is 0 Å². The molecule has 3 aliphatic rings. The smallest absolute Gasteiger partial charge is 0.259 e. The Labute approximate surface area is 175 Å². The molecule has 1 N–H and O–H groups in total. The number of carbonyl (C=O) groups excluding carboxylic acids is 1. The van der Waals surface area contributed by atoms with Gasteiger partial charge in [-0.05, 0) is 36.3 Å². The summed E-state index contributed by atoms with van der Waals surface area (Å²) in [5.74, 6) is 2.09. The van der Waals surface area contributed by atoms with Crippen LogP contribution in [0.5, 0.6) is 0 Å². The lowest BCUT2D eigenvalue weighted by Crippen LogP contribution is -2.40. The molecule has 0 atom stereocenters. The van der Waals surface area contributed by atoms with Gasteiger partial charge in [-0.3, -0.25) is 9.69 Å². The molecule has 0 saturated carbocycles. The summed E-state index contributed by atoms with van der Waals surface area (Å²) >= 11 is 1.98. The molecular weight excluding hydrogens is 408 g/mol. The number of nitrogens with zero attached hydrogens (tertiary/aromatic N) is 3. The number of anilines is 1. The number of amides is 1. The summed E-state index contributed by atoms with van der Waals surface area (Å²) in [6.07, 6.45) is 5.09. The number of thioether (sulfide) groups is 1. The van der Waals surface area contributed by atoms with Gasteiger partial charge in [-0.2, -0.15) is 11.8 Å². The largest absolute Gasteiger partial charge is 0.331 e. The molecule has 1 fully saturated rings. The van der Waals surface area contributed by atoms with E-state index in [1.807, 2.05) is 30.8 Å². The highest BCUT2D eigenvalue weighted by atomic mass is 32.2. The fourth-order valence-corrected chi connectivity index (χ4v) is 5.54. The lowest BCUT2D eigenvalue weighted by atomic mass is 10.0. The van der Waals surface area contributed by atoms with Crippen LogP contribution in [0.4, 0.5) is 5.69 Å². The van der Waals surface area contributed by atoms with Crippen molar-refractivity contribution >= 4 is 39.2 Å². The van der Waals surface area contributed by atoms with Gasteiger partial charge in [0.05, 0.1) is 11.3 Å². The summed E-state index contributed by atoms with van der Waals surface area (Å²) in [4.78, 5) is 17.1. The van der Waals surface area contributed by atoms with Crippen LogP contribution in [0, 0.1) is 6.92 Å². The molecule has 9 heteroatoms. The highest BCUT2D eigenvalue weighted by molar-refractivity contribution is 7.99. The van der Waals surface area contributed by atoms with Gasteiger partial charge in [-0.15, -0.1) is 4.40 Å². The number of benzene rings is 1. The van der Waals surface area contributed by atoms with Gasteiger partial charge in [-0.25, -0.2) is 8.42 Å². The monoisotopic (exact) mass is 432 g/mol. The summed E-state index contributed by atoms with van der Waals surface area (Å²) in [6.45, 7) is 5.31. The summed E-state index contributed by atoms with van der Waals surface area (Å²) < 4.78 is 27.7. The number of hydrogen-bond donors (Lipinski definition) is 1. The van der Waals surface area contributed by atoms with Gasteiger partial charge in [0.25, 0.3) is 15.9 Å². The third-order valence-electron chi connectivity index (χ3n) is 5.29. The Morgan fingerprint density at radius 1 is 1.24 bits per heavy atom. The number of rotatable bonds is 4. The normalized spacial score (nSPS) is 21.2. The second-order valence-electron chi connectivity index (χ2n) is 7.25. The average molecular weight is 433 g/mol. The van der Waals surface area contributed by atoms with E-state index in [2.05, 4.69) is 20.7 Å². The maximum Gasteiger partial charge on any atom is 0.259 e. The van der Waals surface area contributed by atoms with E-state index < -0.39 is 10.0 Å². The van der Waals surface area contributed by atoms with E-state index in [9.17, 15) is 13.2 Å². The van der Waals surface area contributed by atoms with Crippen LogP contribution >= 0.6 is 11.8 Å². The summed E-state index contributed by atoms with van der Waals surface area (Å²) in [5, 5.41) is 2.95. The van der Waals surface area contributed by atoms with E-state index in [-0.39, 0.29) is 23.1 Å². The fraction of sp³-hybridized carbons (Fsp3) is 0.400. The maximum atomic E-state index is 13.0. The van der Waals surface area contributed by atoms with E-state index in [1.54, 1.807) is 23.3 Å². The third-order valence-corrected chi connectivity index (χ3v) is 7.39. The Bertz CT molecular complexity index is 1010. The predicted molar refractivity (Wildman–Crippen MR) is 118 cm³/mol. The minimum Gasteiger partial charge on any atom is -0.331 e. The molecule has 0 aromatic heterocycles. The van der Waals surface area contributed by atoms with Gasteiger partial charge in [0.2, 0.25) is 0 Å². The third kappa shape index (κ3) is 4.57. The topological polar surface area (TPSA) is 82.1 Å². The Morgan fingerprint density at radius 2 is 2.03 bits per heavy atom. The molecule has 3 heterocycles. The number of amidine groups is 1. The maximum absolute atomic E-state index is 13.0. The Balaban J connectivity index is 1.54. The fourth-order valence-electron chi connectivity index (χ4n) is 3.57. The molecule has 0 unspecified atom stereocenters. The van der Waals surface area contributed by atoms with Crippen LogP contribution in [0.1, 0.15) is 11.1 Å². The second-order valence-corrected chi connectivity index (χ2v) is 10.2. The first kappa shape index (κ1) is 20.2. The first-order chi connectivity index (χ1) is 13.9. The average Bonchev–Trinajstić information content (AvgIpc) is 2.70. The summed E-state index contributed by atoms with van der Waals surface area (Å²) in [5.41, 5.74) is 3.21. The lowest BCUT2D eigenvalue weighted by Gasteiger charge is -2.29. The molecule has 0 radical (unpaired) electrons. The van der Waals surface area contributed by atoms with Gasteiger partial charge in [-0.1, -0.05) is 12.1 Å². The molecule has 1 amide bonds. The van der Waals surface area contributed by atoms with Gasteiger partial charge < -0.3 is 10.2 Å². The predicted octanol–water partition coefficient (Wildman–Crippen LogP) is 1.98. The number of hydrogen-bond acceptors (Lipinski definition) is 6. The molecule has 0 aliphatic carbocycles. The van der Waals surface area contributed by atoms with Crippen LogP contribution in [-0.2, 0) is 21.4 Å². The Morgan fingerprint density at radius 3 is 2.83 bits per heavy atom. The van der Waals surface area contributed by atoms with Crippen LogP contribution in [0.15, 0.2) is 46.5 Å². The van der Waals surface area contributed by atoms with Crippen molar-refractivity contribution in [3.63, 3.8) is 0 Å². The van der Waals surface area contributed by atoms with Gasteiger partial charge in [0, 0.05) is 49.6 Å². The molecule has 0 spiro atoms. The molecule has 1 aromatic carbocycles. The highest BCUT2D eigenvalue weighted by Gasteiger charge is 2.30. The van der Waals surface area contributed by atoms with Crippen LogP contribution in [-0.4, -0.2) is 66.9 Å². The highest BCUT2D eigenvalue weighted by Crippen LogP contribution is 2.24. The Kier molecular flexibility index (Phi) is 5.80. The molecule has 1 aromatic rings. The molecule has 7 nitrogen and oxygen atoms in total. The van der Waals surface area contributed by atoms with Crippen molar-refractivity contribution in [2.75, 3.05) is 42.2 Å². The molecular formula is C20H24N4O3S2. The number of allylic oxidation sites excluding steroid dienone is 2. The molecule has 1 saturated heterocycles. The molecule has 154 valence electrons. The zero-order chi connectivity index (χ0) is 20.4. The number of fused-ring (bicyclic) bond motifs is 1. The van der Waals surface area contributed by atoms with E-state index in [0.717, 1.165) is 42.4 Å². The minimum absolute atomic E-state index is 0.0497. The quantitative estimate of drug-likeness (QED) is 0.784. The van der Waals surface area contributed by atoms with Crippen molar-refractivity contribution < 1.29 is 13.2 Å². The molecule has 0 bridgehead atoms. The van der Waals surface area contributed by atoms with Gasteiger partial charge in [0.1, 0.15) is 0 Å². The Hall–Kier alpha value is -2.10. The van der Waals surface area contributed by atoms with Gasteiger partial charge >= 0.3 is 0 Å². The first-order valence-electron chi connectivity index (χ1n) is 9.61. The van der Waals surface area contributed by atoms with Crippen molar-refractivity contribution in [3.8, 4) is 0 Å².